The van der Waals surface area contributed by atoms with E-state index in [1.165, 1.54) is 24.3 Å². The van der Waals surface area contributed by atoms with Gasteiger partial charge in [0.25, 0.3) is 5.69 Å². The second-order valence-electron chi connectivity index (χ2n) is 7.08. The topological polar surface area (TPSA) is 75.5 Å². The number of aryl methyl sites for hydroxylation is 1. The first-order valence-electron chi connectivity index (χ1n) is 9.40. The average molecular weight is 407 g/mol. The lowest BCUT2D eigenvalue weighted by atomic mass is 9.97. The summed E-state index contributed by atoms with van der Waals surface area (Å²) in [6, 6.07) is 19.9. The summed E-state index contributed by atoms with van der Waals surface area (Å²) in [6.45, 7) is 1.81. The number of carbonyl (C=O) groups excluding carboxylic acids is 1. The van der Waals surface area contributed by atoms with Gasteiger partial charge in [0, 0.05) is 12.1 Å². The van der Waals surface area contributed by atoms with Crippen LogP contribution in [-0.4, -0.2) is 29.3 Å². The van der Waals surface area contributed by atoms with Gasteiger partial charge in [0.1, 0.15) is 5.82 Å². The summed E-state index contributed by atoms with van der Waals surface area (Å²) in [5.74, 6) is -0.628. The maximum atomic E-state index is 13.4. The Hall–Kier alpha value is -3.58. The minimum Gasteiger partial charge on any atom is -0.324 e. The van der Waals surface area contributed by atoms with Crippen LogP contribution in [0.4, 0.5) is 15.8 Å². The van der Waals surface area contributed by atoms with Crippen molar-refractivity contribution < 1.29 is 14.1 Å². The number of rotatable bonds is 7. The Morgan fingerprint density at radius 3 is 2.33 bits per heavy atom. The Bertz CT molecular complexity index is 1040. The number of likely N-dealkylation sites (N-methyl/N-ethyl adjacent to an activating group) is 1. The van der Waals surface area contributed by atoms with Gasteiger partial charge in [0.05, 0.1) is 23.2 Å². The van der Waals surface area contributed by atoms with E-state index in [0.717, 1.165) is 16.7 Å². The van der Waals surface area contributed by atoms with Crippen molar-refractivity contribution in [1.82, 2.24) is 4.90 Å². The van der Waals surface area contributed by atoms with Crippen LogP contribution in [-0.2, 0) is 4.79 Å². The first-order chi connectivity index (χ1) is 14.3. The molecule has 154 valence electrons. The lowest BCUT2D eigenvalue weighted by molar-refractivity contribution is -0.384. The lowest BCUT2D eigenvalue weighted by Gasteiger charge is -2.28. The SMILES string of the molecule is Cc1ccc([N+](=O)[O-])cc1NC(=O)CN(C)C(c1ccccc1)c1ccc(F)cc1. The minimum absolute atomic E-state index is 0.0407. The molecule has 0 radical (unpaired) electrons. The summed E-state index contributed by atoms with van der Waals surface area (Å²) in [6.07, 6.45) is 0. The Balaban J connectivity index is 1.81. The summed E-state index contributed by atoms with van der Waals surface area (Å²) in [7, 11) is 1.81. The van der Waals surface area contributed by atoms with Gasteiger partial charge in [-0.05, 0) is 42.8 Å². The van der Waals surface area contributed by atoms with Gasteiger partial charge in [-0.15, -0.1) is 0 Å². The summed E-state index contributed by atoms with van der Waals surface area (Å²) in [5, 5.41) is 13.8. The van der Waals surface area contributed by atoms with Gasteiger partial charge in [-0.2, -0.15) is 0 Å². The minimum atomic E-state index is -0.499. The average Bonchev–Trinajstić information content (AvgIpc) is 2.72. The highest BCUT2D eigenvalue weighted by Crippen LogP contribution is 2.28. The van der Waals surface area contributed by atoms with Crippen LogP contribution in [0.1, 0.15) is 22.7 Å². The molecule has 1 unspecified atom stereocenters. The number of anilines is 1. The van der Waals surface area contributed by atoms with Gasteiger partial charge in [-0.1, -0.05) is 48.5 Å². The van der Waals surface area contributed by atoms with E-state index < -0.39 is 4.92 Å². The Morgan fingerprint density at radius 1 is 1.07 bits per heavy atom. The quantitative estimate of drug-likeness (QED) is 0.455. The van der Waals surface area contributed by atoms with Crippen LogP contribution < -0.4 is 5.32 Å². The summed E-state index contributed by atoms with van der Waals surface area (Å²) in [4.78, 5) is 25.1. The summed E-state index contributed by atoms with van der Waals surface area (Å²) >= 11 is 0. The number of benzene rings is 3. The fraction of sp³-hybridized carbons (Fsp3) is 0.174. The molecule has 0 bridgehead atoms. The predicted octanol–water partition coefficient (Wildman–Crippen LogP) is 4.70. The van der Waals surface area contributed by atoms with Crippen molar-refractivity contribution >= 4 is 17.3 Å². The molecule has 1 amide bonds. The molecule has 3 rings (SSSR count). The van der Waals surface area contributed by atoms with E-state index in [-0.39, 0.29) is 30.0 Å². The Kier molecular flexibility index (Phi) is 6.54. The molecule has 0 spiro atoms. The number of hydrogen-bond donors (Lipinski definition) is 1. The molecule has 0 aliphatic carbocycles. The standard InChI is InChI=1S/C23H22FN3O3/c1-16-8-13-20(27(29)30)14-21(16)25-22(28)15-26(2)23(17-6-4-3-5-7-17)18-9-11-19(24)12-10-18/h3-14,23H,15H2,1-2H3,(H,25,28). The first-order valence-corrected chi connectivity index (χ1v) is 9.40. The number of nitrogens with one attached hydrogen (secondary N) is 1. The molecule has 0 aromatic heterocycles. The monoisotopic (exact) mass is 407 g/mol. The second kappa shape index (κ2) is 9.28. The Morgan fingerprint density at radius 2 is 1.70 bits per heavy atom. The number of carbonyl (C=O) groups is 1. The van der Waals surface area contributed by atoms with Crippen molar-refractivity contribution in [3.63, 3.8) is 0 Å². The molecule has 0 saturated carbocycles. The molecule has 0 saturated heterocycles. The Labute approximate surface area is 174 Å². The molecule has 7 heteroatoms. The molecular weight excluding hydrogens is 385 g/mol. The molecule has 0 aliphatic heterocycles. The fourth-order valence-electron chi connectivity index (χ4n) is 3.35. The van der Waals surface area contributed by atoms with E-state index in [4.69, 9.17) is 0 Å². The van der Waals surface area contributed by atoms with Crippen LogP contribution in [0.25, 0.3) is 0 Å². The zero-order valence-corrected chi connectivity index (χ0v) is 16.7. The van der Waals surface area contributed by atoms with Gasteiger partial charge < -0.3 is 5.32 Å². The zero-order chi connectivity index (χ0) is 21.7. The number of non-ortho nitro benzene ring substituents is 1. The number of nitro benzene ring substituents is 1. The third-order valence-corrected chi connectivity index (χ3v) is 4.84. The van der Waals surface area contributed by atoms with Crippen molar-refractivity contribution in [2.75, 3.05) is 18.9 Å². The van der Waals surface area contributed by atoms with Crippen molar-refractivity contribution in [1.29, 1.82) is 0 Å². The zero-order valence-electron chi connectivity index (χ0n) is 16.7. The van der Waals surface area contributed by atoms with E-state index in [1.807, 2.05) is 35.2 Å². The van der Waals surface area contributed by atoms with E-state index in [2.05, 4.69) is 5.32 Å². The van der Waals surface area contributed by atoms with Crippen molar-refractivity contribution in [3.05, 3.63) is 105 Å². The second-order valence-corrected chi connectivity index (χ2v) is 7.08. The van der Waals surface area contributed by atoms with Crippen LogP contribution in [0.3, 0.4) is 0 Å². The highest BCUT2D eigenvalue weighted by atomic mass is 19.1. The highest BCUT2D eigenvalue weighted by Gasteiger charge is 2.22. The third-order valence-electron chi connectivity index (χ3n) is 4.84. The van der Waals surface area contributed by atoms with E-state index >= 15 is 0 Å². The number of hydrogen-bond acceptors (Lipinski definition) is 4. The van der Waals surface area contributed by atoms with Crippen LogP contribution in [0, 0.1) is 22.9 Å². The van der Waals surface area contributed by atoms with Crippen LogP contribution in [0.5, 0.6) is 0 Å². The molecule has 6 nitrogen and oxygen atoms in total. The van der Waals surface area contributed by atoms with Crippen LogP contribution in [0.2, 0.25) is 0 Å². The van der Waals surface area contributed by atoms with E-state index in [1.54, 1.807) is 32.2 Å². The molecule has 0 heterocycles. The summed E-state index contributed by atoms with van der Waals surface area (Å²) < 4.78 is 13.4. The fourth-order valence-corrected chi connectivity index (χ4v) is 3.35. The molecule has 1 atom stereocenters. The van der Waals surface area contributed by atoms with Crippen molar-refractivity contribution in [2.24, 2.45) is 0 Å². The van der Waals surface area contributed by atoms with Gasteiger partial charge in [0.2, 0.25) is 5.91 Å². The van der Waals surface area contributed by atoms with Crippen LogP contribution >= 0.6 is 0 Å². The predicted molar refractivity (Wildman–Crippen MR) is 114 cm³/mol. The maximum absolute atomic E-state index is 13.4. The number of nitrogens with zero attached hydrogens (tertiary/aromatic N) is 2. The van der Waals surface area contributed by atoms with E-state index in [9.17, 15) is 19.3 Å². The molecule has 0 aliphatic rings. The summed E-state index contributed by atoms with van der Waals surface area (Å²) in [5.41, 5.74) is 2.86. The van der Waals surface area contributed by atoms with Gasteiger partial charge >= 0.3 is 0 Å². The number of halogens is 1. The van der Waals surface area contributed by atoms with Crippen molar-refractivity contribution in [2.45, 2.75) is 13.0 Å². The normalized spacial score (nSPS) is 11.9. The third kappa shape index (κ3) is 5.07. The van der Waals surface area contributed by atoms with Crippen molar-refractivity contribution in [3.8, 4) is 0 Å². The molecular formula is C23H22FN3O3. The highest BCUT2D eigenvalue weighted by molar-refractivity contribution is 5.93. The van der Waals surface area contributed by atoms with Gasteiger partial charge in [0.15, 0.2) is 0 Å². The molecule has 30 heavy (non-hydrogen) atoms. The van der Waals surface area contributed by atoms with Crippen LogP contribution in [0.15, 0.2) is 72.8 Å². The maximum Gasteiger partial charge on any atom is 0.271 e. The molecule has 3 aromatic rings. The van der Waals surface area contributed by atoms with Gasteiger partial charge in [-0.3, -0.25) is 19.8 Å². The molecule has 0 fully saturated rings. The van der Waals surface area contributed by atoms with E-state index in [0.29, 0.717) is 5.69 Å². The first kappa shape index (κ1) is 21.1. The largest absolute Gasteiger partial charge is 0.324 e. The molecule has 1 N–H and O–H groups in total. The molecule has 3 aromatic carbocycles. The lowest BCUT2D eigenvalue weighted by Crippen LogP contribution is -2.34. The smallest absolute Gasteiger partial charge is 0.271 e. The van der Waals surface area contributed by atoms with Gasteiger partial charge in [-0.25, -0.2) is 4.39 Å². The number of amides is 1. The number of nitro groups is 1.